The molecule has 3 aromatic rings. The number of rotatable bonds is 9. The van der Waals surface area contributed by atoms with E-state index in [0.29, 0.717) is 46.4 Å². The van der Waals surface area contributed by atoms with Gasteiger partial charge in [0.05, 0.1) is 35.1 Å². The summed E-state index contributed by atoms with van der Waals surface area (Å²) < 4.78 is 5.48. The van der Waals surface area contributed by atoms with Crippen molar-refractivity contribution in [3.8, 4) is 28.3 Å². The SMILES string of the molecule is COc1nc(-c2cccc(-c3cccc(NC(=O)C4=CN(C)C(O)N(C)C4=O)c3Cl)c2Cl)ccc1CNCCO. The predicted molar refractivity (Wildman–Crippen MR) is 154 cm³/mol. The lowest BCUT2D eigenvalue weighted by Crippen LogP contribution is -2.51. The summed E-state index contributed by atoms with van der Waals surface area (Å²) in [5.41, 5.74) is 3.40. The van der Waals surface area contributed by atoms with Gasteiger partial charge < -0.3 is 30.5 Å². The number of nitrogens with zero attached hydrogens (tertiary/aromatic N) is 3. The van der Waals surface area contributed by atoms with E-state index in [1.54, 1.807) is 25.2 Å². The summed E-state index contributed by atoms with van der Waals surface area (Å²) in [5.74, 6) is -0.855. The second-order valence-corrected chi connectivity index (χ2v) is 9.78. The molecule has 0 spiro atoms. The number of aliphatic hydroxyl groups is 2. The number of ether oxygens (including phenoxy) is 1. The van der Waals surface area contributed by atoms with E-state index in [9.17, 15) is 14.7 Å². The minimum atomic E-state index is -1.17. The van der Waals surface area contributed by atoms with E-state index in [4.69, 9.17) is 33.0 Å². The maximum Gasteiger partial charge on any atom is 0.264 e. The van der Waals surface area contributed by atoms with Crippen LogP contribution >= 0.6 is 23.2 Å². The van der Waals surface area contributed by atoms with E-state index >= 15 is 0 Å². The average molecular weight is 586 g/mol. The van der Waals surface area contributed by atoms with Crippen LogP contribution in [0, 0.1) is 0 Å². The first-order valence-electron chi connectivity index (χ1n) is 12.3. The number of aliphatic hydroxyl groups excluding tert-OH is 2. The third-order valence-electron chi connectivity index (χ3n) is 6.39. The van der Waals surface area contributed by atoms with Crippen LogP contribution in [0.4, 0.5) is 5.69 Å². The van der Waals surface area contributed by atoms with E-state index in [1.165, 1.54) is 25.3 Å². The molecular weight excluding hydrogens is 557 g/mol. The summed E-state index contributed by atoms with van der Waals surface area (Å²) in [4.78, 5) is 32.6. The quantitative estimate of drug-likeness (QED) is 0.222. The molecule has 0 saturated carbocycles. The topological polar surface area (TPSA) is 127 Å². The van der Waals surface area contributed by atoms with Crippen molar-refractivity contribution in [2.24, 2.45) is 0 Å². The number of pyridine rings is 1. The van der Waals surface area contributed by atoms with E-state index in [2.05, 4.69) is 15.6 Å². The Bertz CT molecular complexity index is 1460. The third kappa shape index (κ3) is 5.91. The van der Waals surface area contributed by atoms with Gasteiger partial charge in [-0.05, 0) is 12.1 Å². The maximum absolute atomic E-state index is 13.0. The number of halogens is 2. The second kappa shape index (κ2) is 12.7. The van der Waals surface area contributed by atoms with Gasteiger partial charge in [-0.2, -0.15) is 0 Å². The Morgan fingerprint density at radius 1 is 1.05 bits per heavy atom. The van der Waals surface area contributed by atoms with Crippen molar-refractivity contribution in [2.45, 2.75) is 12.9 Å². The standard InChI is InChI=1S/C28H29Cl2N5O5/c1-34-15-20(27(38)35(2)28(34)39)25(37)32-22-9-5-7-18(24(22)30)17-6-4-8-19(23(17)29)21-11-10-16(14-31-12-13-36)26(33-21)40-3/h4-11,15,28,31,36,39H,12-14H2,1-3H3,(H,32,37). The van der Waals surface area contributed by atoms with Gasteiger partial charge in [-0.1, -0.05) is 59.6 Å². The van der Waals surface area contributed by atoms with Crippen LogP contribution in [0.25, 0.3) is 22.4 Å². The van der Waals surface area contributed by atoms with Crippen LogP contribution in [0.3, 0.4) is 0 Å². The molecule has 1 atom stereocenters. The van der Waals surface area contributed by atoms with Gasteiger partial charge in [0, 0.05) is 55.6 Å². The number of anilines is 1. The molecule has 2 aromatic carbocycles. The summed E-state index contributed by atoms with van der Waals surface area (Å²) in [7, 11) is 4.49. The number of aromatic nitrogens is 1. The lowest BCUT2D eigenvalue weighted by molar-refractivity contribution is -0.148. The van der Waals surface area contributed by atoms with Crippen molar-refractivity contribution in [2.75, 3.05) is 39.7 Å². The molecule has 210 valence electrons. The maximum atomic E-state index is 13.0. The summed E-state index contributed by atoms with van der Waals surface area (Å²) in [6.45, 7) is 0.956. The van der Waals surface area contributed by atoms with Crippen molar-refractivity contribution in [3.05, 3.63) is 75.9 Å². The van der Waals surface area contributed by atoms with E-state index in [-0.39, 0.29) is 22.9 Å². The molecule has 1 aliphatic rings. The van der Waals surface area contributed by atoms with Gasteiger partial charge in [-0.25, -0.2) is 4.98 Å². The van der Waals surface area contributed by atoms with Crippen molar-refractivity contribution in [3.63, 3.8) is 0 Å². The Balaban J connectivity index is 1.65. The molecule has 0 bridgehead atoms. The van der Waals surface area contributed by atoms with Gasteiger partial charge >= 0.3 is 0 Å². The zero-order valence-electron chi connectivity index (χ0n) is 22.1. The van der Waals surface area contributed by atoms with Gasteiger partial charge in [0.2, 0.25) is 12.2 Å². The summed E-state index contributed by atoms with van der Waals surface area (Å²) in [6.07, 6.45) is 0.120. The van der Waals surface area contributed by atoms with Gasteiger partial charge in [0.25, 0.3) is 11.8 Å². The minimum Gasteiger partial charge on any atom is -0.481 e. The summed E-state index contributed by atoms with van der Waals surface area (Å²) in [5, 5.41) is 25.5. The summed E-state index contributed by atoms with van der Waals surface area (Å²) in [6, 6.07) is 14.3. The van der Waals surface area contributed by atoms with Gasteiger partial charge in [0.15, 0.2) is 0 Å². The fraction of sp³-hybridized carbons (Fsp3) is 0.250. The molecule has 0 aliphatic carbocycles. The van der Waals surface area contributed by atoms with E-state index in [0.717, 1.165) is 10.5 Å². The first kappa shape index (κ1) is 29.3. The first-order valence-corrected chi connectivity index (χ1v) is 13.1. The first-order chi connectivity index (χ1) is 19.2. The molecule has 4 rings (SSSR count). The highest BCUT2D eigenvalue weighted by Crippen LogP contribution is 2.41. The van der Waals surface area contributed by atoms with Crippen molar-refractivity contribution >= 4 is 40.7 Å². The number of hydrogen-bond donors (Lipinski definition) is 4. The molecule has 1 aromatic heterocycles. The molecule has 40 heavy (non-hydrogen) atoms. The molecular formula is C28H29Cl2N5O5. The Labute approximate surface area is 241 Å². The Morgan fingerprint density at radius 3 is 2.42 bits per heavy atom. The molecule has 10 nitrogen and oxygen atoms in total. The highest BCUT2D eigenvalue weighted by molar-refractivity contribution is 6.40. The number of amides is 2. The van der Waals surface area contributed by atoms with Crippen LogP contribution in [0.1, 0.15) is 5.56 Å². The molecule has 1 unspecified atom stereocenters. The third-order valence-corrected chi connectivity index (χ3v) is 7.20. The smallest absolute Gasteiger partial charge is 0.264 e. The lowest BCUT2D eigenvalue weighted by Gasteiger charge is -2.35. The van der Waals surface area contributed by atoms with Crippen molar-refractivity contribution < 1.29 is 24.5 Å². The molecule has 2 heterocycles. The van der Waals surface area contributed by atoms with Crippen LogP contribution in [-0.2, 0) is 16.1 Å². The van der Waals surface area contributed by atoms with Gasteiger partial charge in [-0.15, -0.1) is 0 Å². The fourth-order valence-electron chi connectivity index (χ4n) is 4.25. The number of methoxy groups -OCH3 is 1. The highest BCUT2D eigenvalue weighted by Gasteiger charge is 2.32. The predicted octanol–water partition coefficient (Wildman–Crippen LogP) is 3.32. The monoisotopic (exact) mass is 585 g/mol. The highest BCUT2D eigenvalue weighted by atomic mass is 35.5. The number of nitrogens with one attached hydrogen (secondary N) is 2. The van der Waals surface area contributed by atoms with Gasteiger partial charge in [-0.3, -0.25) is 14.5 Å². The number of likely N-dealkylation sites (N-methyl/N-ethyl adjacent to an activating group) is 1. The number of hydrogen-bond acceptors (Lipinski definition) is 8. The summed E-state index contributed by atoms with van der Waals surface area (Å²) >= 11 is 13.6. The van der Waals surface area contributed by atoms with E-state index < -0.39 is 18.2 Å². The molecule has 2 amide bonds. The number of carbonyl (C=O) groups excluding carboxylic acids is 2. The van der Waals surface area contributed by atoms with Crippen LogP contribution < -0.4 is 15.4 Å². The zero-order chi connectivity index (χ0) is 29.0. The van der Waals surface area contributed by atoms with Crippen LogP contribution in [0.2, 0.25) is 10.0 Å². The Morgan fingerprint density at radius 2 is 1.73 bits per heavy atom. The lowest BCUT2D eigenvalue weighted by atomic mass is 10.00. The van der Waals surface area contributed by atoms with Crippen LogP contribution in [-0.4, -0.2) is 77.5 Å². The van der Waals surface area contributed by atoms with Crippen LogP contribution in [0.15, 0.2) is 60.3 Å². The molecule has 12 heteroatoms. The van der Waals surface area contributed by atoms with Crippen LogP contribution in [0.5, 0.6) is 5.88 Å². The molecule has 0 fully saturated rings. The van der Waals surface area contributed by atoms with Crippen molar-refractivity contribution in [1.29, 1.82) is 0 Å². The average Bonchev–Trinajstić information content (AvgIpc) is 2.95. The minimum absolute atomic E-state index is 0.0263. The van der Waals surface area contributed by atoms with E-state index in [1.807, 2.05) is 30.3 Å². The largest absolute Gasteiger partial charge is 0.481 e. The molecule has 0 saturated heterocycles. The molecule has 0 radical (unpaired) electrons. The second-order valence-electron chi connectivity index (χ2n) is 9.02. The van der Waals surface area contributed by atoms with Crippen molar-refractivity contribution in [1.82, 2.24) is 20.1 Å². The molecule has 4 N–H and O–H groups in total. The number of benzene rings is 2. The zero-order valence-corrected chi connectivity index (χ0v) is 23.6. The Hall–Kier alpha value is -3.67. The normalized spacial score (nSPS) is 15.2. The molecule has 1 aliphatic heterocycles. The van der Waals surface area contributed by atoms with Gasteiger partial charge in [0.1, 0.15) is 5.57 Å². The number of carbonyl (C=O) groups is 2. The fourth-order valence-corrected chi connectivity index (χ4v) is 4.85. The Kier molecular flexibility index (Phi) is 9.28.